The Morgan fingerprint density at radius 1 is 1.11 bits per heavy atom. The van der Waals surface area contributed by atoms with Gasteiger partial charge in [-0.05, 0) is 57.7 Å². The van der Waals surface area contributed by atoms with Gasteiger partial charge in [0.1, 0.15) is 0 Å². The van der Waals surface area contributed by atoms with Crippen LogP contribution in [0, 0.1) is 5.92 Å². The van der Waals surface area contributed by atoms with Crippen LogP contribution in [0.2, 0.25) is 0 Å². The average molecular weight is 254 g/mol. The van der Waals surface area contributed by atoms with Crippen molar-refractivity contribution in [3.05, 3.63) is 0 Å². The fraction of sp³-hybridized carbons (Fsp3) is 1.00. The van der Waals surface area contributed by atoms with Gasteiger partial charge in [-0.25, -0.2) is 0 Å². The molecule has 0 radical (unpaired) electrons. The van der Waals surface area contributed by atoms with Gasteiger partial charge in [0.2, 0.25) is 0 Å². The first kappa shape index (κ1) is 16.0. The molecule has 108 valence electrons. The van der Waals surface area contributed by atoms with Crippen molar-refractivity contribution in [1.82, 2.24) is 10.2 Å². The molecule has 1 N–H and O–H groups in total. The van der Waals surface area contributed by atoms with Crippen LogP contribution in [0.3, 0.4) is 0 Å². The Labute approximate surface area is 115 Å². The molecule has 0 bridgehead atoms. The number of hydrogen-bond donors (Lipinski definition) is 1. The van der Waals surface area contributed by atoms with Crippen LogP contribution in [-0.2, 0) is 0 Å². The third-order valence-corrected chi connectivity index (χ3v) is 4.41. The van der Waals surface area contributed by atoms with E-state index in [-0.39, 0.29) is 0 Å². The maximum absolute atomic E-state index is 3.79. The molecule has 1 rings (SSSR count). The summed E-state index contributed by atoms with van der Waals surface area (Å²) in [6.07, 6.45) is 8.07. The van der Waals surface area contributed by atoms with Gasteiger partial charge in [0, 0.05) is 12.1 Å². The molecule has 0 aromatic heterocycles. The molecule has 0 spiro atoms. The van der Waals surface area contributed by atoms with Gasteiger partial charge in [-0.2, -0.15) is 0 Å². The Morgan fingerprint density at radius 3 is 2.50 bits per heavy atom. The molecule has 0 aromatic rings. The quantitative estimate of drug-likeness (QED) is 0.711. The lowest BCUT2D eigenvalue weighted by Crippen LogP contribution is -2.53. The third kappa shape index (κ3) is 4.89. The molecular weight excluding hydrogens is 220 g/mol. The van der Waals surface area contributed by atoms with E-state index in [0.29, 0.717) is 0 Å². The number of nitrogens with one attached hydrogen (secondary N) is 1. The van der Waals surface area contributed by atoms with Gasteiger partial charge in [-0.1, -0.05) is 34.1 Å². The molecule has 2 nitrogen and oxygen atoms in total. The lowest BCUT2D eigenvalue weighted by atomic mass is 9.82. The first-order chi connectivity index (χ1) is 8.72. The molecule has 3 unspecified atom stereocenters. The molecule has 1 aliphatic carbocycles. The smallest absolute Gasteiger partial charge is 0.0251 e. The van der Waals surface area contributed by atoms with E-state index in [2.05, 4.69) is 37.9 Å². The highest BCUT2D eigenvalue weighted by Crippen LogP contribution is 2.28. The van der Waals surface area contributed by atoms with Gasteiger partial charge in [0.15, 0.2) is 0 Å². The van der Waals surface area contributed by atoms with Crippen molar-refractivity contribution < 1.29 is 0 Å². The summed E-state index contributed by atoms with van der Waals surface area (Å²) < 4.78 is 0. The minimum atomic E-state index is 0.734. The second-order valence-electron chi connectivity index (χ2n) is 6.03. The van der Waals surface area contributed by atoms with E-state index in [4.69, 9.17) is 0 Å². The SMILES string of the molecule is CCCCN(CC)C1CC(C)CCC1NCCC. The molecule has 0 saturated heterocycles. The van der Waals surface area contributed by atoms with Crippen molar-refractivity contribution in [1.29, 1.82) is 0 Å². The third-order valence-electron chi connectivity index (χ3n) is 4.41. The Kier molecular flexibility index (Phi) is 7.92. The van der Waals surface area contributed by atoms with Crippen LogP contribution in [-0.4, -0.2) is 36.6 Å². The van der Waals surface area contributed by atoms with Crippen LogP contribution in [0.1, 0.15) is 66.2 Å². The summed E-state index contributed by atoms with van der Waals surface area (Å²) >= 11 is 0. The van der Waals surface area contributed by atoms with Crippen molar-refractivity contribution in [3.63, 3.8) is 0 Å². The summed E-state index contributed by atoms with van der Waals surface area (Å²) in [4.78, 5) is 2.73. The zero-order chi connectivity index (χ0) is 13.4. The van der Waals surface area contributed by atoms with E-state index in [1.165, 1.54) is 58.2 Å². The van der Waals surface area contributed by atoms with Crippen LogP contribution in [0.4, 0.5) is 0 Å². The highest BCUT2D eigenvalue weighted by atomic mass is 15.2. The van der Waals surface area contributed by atoms with Crippen LogP contribution in [0.25, 0.3) is 0 Å². The van der Waals surface area contributed by atoms with E-state index in [0.717, 1.165) is 18.0 Å². The maximum Gasteiger partial charge on any atom is 0.0251 e. The Balaban J connectivity index is 2.57. The van der Waals surface area contributed by atoms with Crippen molar-refractivity contribution in [3.8, 4) is 0 Å². The number of likely N-dealkylation sites (N-methyl/N-ethyl adjacent to an activating group) is 1. The highest BCUT2D eigenvalue weighted by Gasteiger charge is 2.31. The molecular formula is C16H34N2. The van der Waals surface area contributed by atoms with E-state index in [1.807, 2.05) is 0 Å². The molecule has 0 amide bonds. The number of hydrogen-bond acceptors (Lipinski definition) is 2. The van der Waals surface area contributed by atoms with Gasteiger partial charge >= 0.3 is 0 Å². The van der Waals surface area contributed by atoms with Crippen molar-refractivity contribution in [2.45, 2.75) is 78.3 Å². The Hall–Kier alpha value is -0.0800. The zero-order valence-corrected chi connectivity index (χ0v) is 13.0. The van der Waals surface area contributed by atoms with E-state index in [1.54, 1.807) is 0 Å². The lowest BCUT2D eigenvalue weighted by Gasteiger charge is -2.42. The predicted molar refractivity (Wildman–Crippen MR) is 81.0 cm³/mol. The van der Waals surface area contributed by atoms with Gasteiger partial charge in [-0.3, -0.25) is 4.90 Å². The molecule has 0 aromatic carbocycles. The minimum Gasteiger partial charge on any atom is -0.312 e. The van der Waals surface area contributed by atoms with Crippen molar-refractivity contribution in [2.24, 2.45) is 5.92 Å². The second kappa shape index (κ2) is 8.92. The summed E-state index contributed by atoms with van der Waals surface area (Å²) in [5, 5.41) is 3.79. The van der Waals surface area contributed by atoms with E-state index < -0.39 is 0 Å². The fourth-order valence-electron chi connectivity index (χ4n) is 3.24. The average Bonchev–Trinajstić information content (AvgIpc) is 2.38. The summed E-state index contributed by atoms with van der Waals surface area (Å²) in [6, 6.07) is 1.51. The largest absolute Gasteiger partial charge is 0.312 e. The molecule has 0 heterocycles. The zero-order valence-electron chi connectivity index (χ0n) is 13.0. The van der Waals surface area contributed by atoms with Crippen molar-refractivity contribution >= 4 is 0 Å². The van der Waals surface area contributed by atoms with Crippen LogP contribution < -0.4 is 5.32 Å². The topological polar surface area (TPSA) is 15.3 Å². The summed E-state index contributed by atoms with van der Waals surface area (Å²) in [6.45, 7) is 13.0. The molecule has 1 saturated carbocycles. The second-order valence-corrected chi connectivity index (χ2v) is 6.03. The summed E-state index contributed by atoms with van der Waals surface area (Å²) in [7, 11) is 0. The van der Waals surface area contributed by atoms with E-state index in [9.17, 15) is 0 Å². The molecule has 2 heteroatoms. The van der Waals surface area contributed by atoms with Crippen LogP contribution in [0.5, 0.6) is 0 Å². The highest BCUT2D eigenvalue weighted by molar-refractivity contribution is 4.90. The lowest BCUT2D eigenvalue weighted by molar-refractivity contribution is 0.104. The maximum atomic E-state index is 3.79. The first-order valence-electron chi connectivity index (χ1n) is 8.20. The Bertz CT molecular complexity index is 193. The normalized spacial score (nSPS) is 28.8. The van der Waals surface area contributed by atoms with Gasteiger partial charge < -0.3 is 5.32 Å². The van der Waals surface area contributed by atoms with E-state index >= 15 is 0 Å². The standard InChI is InChI=1S/C16H34N2/c1-5-8-12-18(7-3)16-13-14(4)9-10-15(16)17-11-6-2/h14-17H,5-13H2,1-4H3. The van der Waals surface area contributed by atoms with Crippen molar-refractivity contribution in [2.75, 3.05) is 19.6 Å². The first-order valence-corrected chi connectivity index (χ1v) is 8.20. The van der Waals surface area contributed by atoms with Gasteiger partial charge in [0.05, 0.1) is 0 Å². The molecule has 18 heavy (non-hydrogen) atoms. The summed E-state index contributed by atoms with van der Waals surface area (Å²) in [5.41, 5.74) is 0. The van der Waals surface area contributed by atoms with Crippen LogP contribution >= 0.6 is 0 Å². The molecule has 1 fully saturated rings. The number of rotatable bonds is 8. The van der Waals surface area contributed by atoms with Crippen LogP contribution in [0.15, 0.2) is 0 Å². The fourth-order valence-corrected chi connectivity index (χ4v) is 3.24. The molecule has 3 atom stereocenters. The van der Waals surface area contributed by atoms with Gasteiger partial charge in [-0.15, -0.1) is 0 Å². The van der Waals surface area contributed by atoms with Gasteiger partial charge in [0.25, 0.3) is 0 Å². The monoisotopic (exact) mass is 254 g/mol. The number of unbranched alkanes of at least 4 members (excludes halogenated alkanes) is 1. The minimum absolute atomic E-state index is 0.734. The summed E-state index contributed by atoms with van der Waals surface area (Å²) in [5.74, 6) is 0.908. The molecule has 0 aliphatic heterocycles. The predicted octanol–water partition coefficient (Wildman–Crippen LogP) is 3.67. The molecule has 1 aliphatic rings. The number of nitrogens with zero attached hydrogens (tertiary/aromatic N) is 1. The Morgan fingerprint density at radius 2 is 1.89 bits per heavy atom.